The maximum atomic E-state index is 12.2. The highest BCUT2D eigenvalue weighted by Gasteiger charge is 2.12. The van der Waals surface area contributed by atoms with Crippen molar-refractivity contribution in [3.05, 3.63) is 64.8 Å². The van der Waals surface area contributed by atoms with Crippen molar-refractivity contribution in [2.45, 2.75) is 65.2 Å². The number of thioether (sulfide) groups is 1. The molecule has 1 aromatic rings. The van der Waals surface area contributed by atoms with Crippen molar-refractivity contribution in [2.24, 2.45) is 0 Å². The zero-order valence-corrected chi connectivity index (χ0v) is 19.4. The van der Waals surface area contributed by atoms with Crippen LogP contribution in [0.25, 0.3) is 0 Å². The molecule has 0 spiro atoms. The average Bonchev–Trinajstić information content (AvgIpc) is 2.68. The molecule has 160 valence electrons. The fourth-order valence-electron chi connectivity index (χ4n) is 2.63. The molecule has 0 aliphatic carbocycles. The minimum absolute atomic E-state index is 0.00534. The molecule has 0 aliphatic rings. The van der Waals surface area contributed by atoms with Crippen LogP contribution in [-0.2, 0) is 9.47 Å². The van der Waals surface area contributed by atoms with Crippen molar-refractivity contribution in [3.8, 4) is 0 Å². The monoisotopic (exact) mass is 416 g/mol. The number of hydrogen-bond acceptors (Lipinski definition) is 4. The standard InChI is InChI=1S/C25H36O3S/c1-6-27-19-28-25(26)23-15-7-8-16-24(23)29-18-17-22(5)14-10-13-21(4)12-9-11-20(2)3/h7-8,11,13,15-17H,6,9-10,12,14,18-19H2,1-5H3/b21-13-,22-17-. The molecule has 4 heteroatoms. The van der Waals surface area contributed by atoms with E-state index in [-0.39, 0.29) is 12.8 Å². The van der Waals surface area contributed by atoms with Gasteiger partial charge in [-0.3, -0.25) is 0 Å². The molecule has 0 aromatic heterocycles. The second-order valence-electron chi connectivity index (χ2n) is 7.31. The van der Waals surface area contributed by atoms with Crippen LogP contribution in [0.1, 0.15) is 70.7 Å². The van der Waals surface area contributed by atoms with Crippen molar-refractivity contribution in [3.63, 3.8) is 0 Å². The van der Waals surface area contributed by atoms with Gasteiger partial charge in [-0.15, -0.1) is 11.8 Å². The largest absolute Gasteiger partial charge is 0.435 e. The van der Waals surface area contributed by atoms with Crippen LogP contribution in [0.15, 0.2) is 64.1 Å². The zero-order valence-electron chi connectivity index (χ0n) is 18.6. The average molecular weight is 417 g/mol. The number of benzene rings is 1. The molecule has 1 rings (SSSR count). The molecule has 0 unspecified atom stereocenters. The summed E-state index contributed by atoms with van der Waals surface area (Å²) in [7, 11) is 0. The van der Waals surface area contributed by atoms with Crippen molar-refractivity contribution < 1.29 is 14.3 Å². The van der Waals surface area contributed by atoms with E-state index in [1.165, 1.54) is 16.7 Å². The molecule has 0 saturated carbocycles. The van der Waals surface area contributed by atoms with Gasteiger partial charge in [-0.2, -0.15) is 0 Å². The third-order valence-corrected chi connectivity index (χ3v) is 5.38. The van der Waals surface area contributed by atoms with Crippen LogP contribution in [-0.4, -0.2) is 25.1 Å². The number of hydrogen-bond donors (Lipinski definition) is 0. The van der Waals surface area contributed by atoms with Gasteiger partial charge < -0.3 is 9.47 Å². The van der Waals surface area contributed by atoms with Gasteiger partial charge in [0.15, 0.2) is 6.79 Å². The van der Waals surface area contributed by atoms with Crippen LogP contribution in [0, 0.1) is 0 Å². The summed E-state index contributed by atoms with van der Waals surface area (Å²) in [5.74, 6) is 0.501. The van der Waals surface area contributed by atoms with E-state index in [2.05, 4.69) is 45.9 Å². The van der Waals surface area contributed by atoms with Crippen LogP contribution < -0.4 is 0 Å². The number of esters is 1. The maximum absolute atomic E-state index is 12.2. The summed E-state index contributed by atoms with van der Waals surface area (Å²) in [6.45, 7) is 11.1. The van der Waals surface area contributed by atoms with Crippen molar-refractivity contribution in [2.75, 3.05) is 19.2 Å². The Labute approximate surface area is 181 Å². The van der Waals surface area contributed by atoms with Crippen LogP contribution in [0.4, 0.5) is 0 Å². The summed E-state index contributed by atoms with van der Waals surface area (Å²) in [4.78, 5) is 13.2. The Kier molecular flexibility index (Phi) is 13.2. The first kappa shape index (κ1) is 25.3. The fraction of sp³-hybridized carbons (Fsp3) is 0.480. The predicted molar refractivity (Wildman–Crippen MR) is 124 cm³/mol. The Morgan fingerprint density at radius 3 is 2.31 bits per heavy atom. The third kappa shape index (κ3) is 11.7. The Morgan fingerprint density at radius 2 is 1.62 bits per heavy atom. The van der Waals surface area contributed by atoms with Gasteiger partial charge in [0.1, 0.15) is 0 Å². The van der Waals surface area contributed by atoms with Gasteiger partial charge in [0.25, 0.3) is 0 Å². The van der Waals surface area contributed by atoms with Crippen molar-refractivity contribution in [1.82, 2.24) is 0 Å². The van der Waals surface area contributed by atoms with Crippen LogP contribution in [0.5, 0.6) is 0 Å². The molecule has 0 atom stereocenters. The number of allylic oxidation sites excluding steroid dienone is 5. The molecule has 0 N–H and O–H groups in total. The SMILES string of the molecule is CCOCOC(=O)c1ccccc1SC/C=C(/C)CC/C=C(/C)CCC=C(C)C. The molecular formula is C25H36O3S. The first-order valence-electron chi connectivity index (χ1n) is 10.3. The number of carbonyl (C=O) groups is 1. The van der Waals surface area contributed by atoms with Crippen molar-refractivity contribution in [1.29, 1.82) is 0 Å². The highest BCUT2D eigenvalue weighted by Crippen LogP contribution is 2.24. The zero-order chi connectivity index (χ0) is 21.5. The van der Waals surface area contributed by atoms with E-state index in [1.54, 1.807) is 17.8 Å². The van der Waals surface area contributed by atoms with E-state index in [9.17, 15) is 4.79 Å². The van der Waals surface area contributed by atoms with Gasteiger partial charge in [0.05, 0.1) is 5.56 Å². The molecule has 0 radical (unpaired) electrons. The van der Waals surface area contributed by atoms with E-state index >= 15 is 0 Å². The van der Waals surface area contributed by atoms with Crippen LogP contribution in [0.3, 0.4) is 0 Å². The molecule has 0 aliphatic heterocycles. The molecule has 0 fully saturated rings. The lowest BCUT2D eigenvalue weighted by molar-refractivity contribution is -0.0277. The number of rotatable bonds is 13. The molecule has 29 heavy (non-hydrogen) atoms. The smallest absolute Gasteiger partial charge is 0.341 e. The lowest BCUT2D eigenvalue weighted by atomic mass is 10.1. The quantitative estimate of drug-likeness (QED) is 0.111. The van der Waals surface area contributed by atoms with Gasteiger partial charge in [0.2, 0.25) is 0 Å². The Hall–Kier alpha value is -1.78. The lowest BCUT2D eigenvalue weighted by Gasteiger charge is -2.08. The van der Waals surface area contributed by atoms with Gasteiger partial charge in [-0.25, -0.2) is 4.79 Å². The molecule has 0 amide bonds. The summed E-state index contributed by atoms with van der Waals surface area (Å²) in [6.07, 6.45) is 11.3. The van der Waals surface area contributed by atoms with E-state index < -0.39 is 0 Å². The van der Waals surface area contributed by atoms with Crippen LogP contribution in [0.2, 0.25) is 0 Å². The topological polar surface area (TPSA) is 35.5 Å². The molecule has 0 bridgehead atoms. The maximum Gasteiger partial charge on any atom is 0.341 e. The fourth-order valence-corrected chi connectivity index (χ4v) is 3.66. The van der Waals surface area contributed by atoms with Gasteiger partial charge in [0, 0.05) is 17.3 Å². The van der Waals surface area contributed by atoms with E-state index in [0.717, 1.165) is 36.3 Å². The molecular weight excluding hydrogens is 380 g/mol. The van der Waals surface area contributed by atoms with Crippen LogP contribution >= 0.6 is 11.8 Å². The summed E-state index contributed by atoms with van der Waals surface area (Å²) in [5, 5.41) is 0. The number of ether oxygens (including phenoxy) is 2. The van der Waals surface area contributed by atoms with E-state index in [0.29, 0.717) is 12.2 Å². The summed E-state index contributed by atoms with van der Waals surface area (Å²) in [5.41, 5.74) is 4.82. The van der Waals surface area contributed by atoms with E-state index in [1.807, 2.05) is 25.1 Å². The molecule has 1 aromatic carbocycles. The minimum atomic E-state index is -0.337. The molecule has 3 nitrogen and oxygen atoms in total. The van der Waals surface area contributed by atoms with E-state index in [4.69, 9.17) is 9.47 Å². The van der Waals surface area contributed by atoms with Gasteiger partial charge in [-0.05, 0) is 72.4 Å². The summed E-state index contributed by atoms with van der Waals surface area (Å²) < 4.78 is 10.3. The summed E-state index contributed by atoms with van der Waals surface area (Å²) >= 11 is 1.66. The first-order valence-corrected chi connectivity index (χ1v) is 11.3. The van der Waals surface area contributed by atoms with Gasteiger partial charge >= 0.3 is 5.97 Å². The summed E-state index contributed by atoms with van der Waals surface area (Å²) in [6, 6.07) is 7.56. The predicted octanol–water partition coefficient (Wildman–Crippen LogP) is 7.35. The van der Waals surface area contributed by atoms with Gasteiger partial charge in [-0.1, -0.05) is 47.1 Å². The number of carbonyl (C=O) groups excluding carboxylic acids is 1. The Morgan fingerprint density at radius 1 is 0.966 bits per heavy atom. The van der Waals surface area contributed by atoms with Crippen molar-refractivity contribution >= 4 is 17.7 Å². The second-order valence-corrected chi connectivity index (χ2v) is 8.37. The highest BCUT2D eigenvalue weighted by atomic mass is 32.2. The minimum Gasteiger partial charge on any atom is -0.435 e. The normalized spacial score (nSPS) is 12.0. The lowest BCUT2D eigenvalue weighted by Crippen LogP contribution is -2.09. The second kappa shape index (κ2) is 15.1. The molecule has 0 saturated heterocycles. The first-order chi connectivity index (χ1) is 13.9. The molecule has 0 heterocycles. The Balaban J connectivity index is 2.46. The highest BCUT2D eigenvalue weighted by molar-refractivity contribution is 7.99. The third-order valence-electron chi connectivity index (χ3n) is 4.38. The Bertz CT molecular complexity index is 713.